The molecular weight excluding hydrogens is 300 g/mol. The predicted octanol–water partition coefficient (Wildman–Crippen LogP) is 4.53. The Bertz CT molecular complexity index is 625. The summed E-state index contributed by atoms with van der Waals surface area (Å²) in [7, 11) is 0. The molecule has 3 rings (SSSR count). The highest BCUT2D eigenvalue weighted by Gasteiger charge is 2.45. The van der Waals surface area contributed by atoms with Gasteiger partial charge in [-0.1, -0.05) is 35.4 Å². The fraction of sp³-hybridized carbons (Fsp3) is 0.524. The first-order valence-corrected chi connectivity index (χ1v) is 8.87. The zero-order valence-corrected chi connectivity index (χ0v) is 14.7. The number of aromatic hydroxyl groups is 1. The van der Waals surface area contributed by atoms with Crippen molar-refractivity contribution in [2.24, 2.45) is 11.3 Å². The minimum absolute atomic E-state index is 0.0172. The molecule has 2 aliphatic rings. The van der Waals surface area contributed by atoms with Crippen LogP contribution in [0.3, 0.4) is 0 Å². The summed E-state index contributed by atoms with van der Waals surface area (Å²) in [5, 5.41) is 19.4. The lowest BCUT2D eigenvalue weighted by Crippen LogP contribution is -2.43. The summed E-state index contributed by atoms with van der Waals surface area (Å²) >= 11 is 0. The van der Waals surface area contributed by atoms with Crippen LogP contribution in [-0.4, -0.2) is 23.4 Å². The molecule has 1 saturated heterocycles. The van der Waals surface area contributed by atoms with Crippen molar-refractivity contribution >= 4 is 0 Å². The van der Waals surface area contributed by atoms with Crippen LogP contribution in [0.2, 0.25) is 0 Å². The first-order chi connectivity index (χ1) is 11.5. The van der Waals surface area contributed by atoms with Gasteiger partial charge in [0.25, 0.3) is 0 Å². The molecule has 3 nitrogen and oxygen atoms in total. The van der Waals surface area contributed by atoms with Crippen LogP contribution in [0.15, 0.2) is 47.6 Å². The Balaban J connectivity index is 1.84. The van der Waals surface area contributed by atoms with Gasteiger partial charge in [0, 0.05) is 11.3 Å². The third kappa shape index (κ3) is 3.57. The Morgan fingerprint density at radius 1 is 1.29 bits per heavy atom. The Labute approximate surface area is 144 Å². The molecule has 3 heteroatoms. The van der Waals surface area contributed by atoms with Gasteiger partial charge in [0.05, 0.1) is 19.3 Å². The second kappa shape index (κ2) is 7.12. The van der Waals surface area contributed by atoms with E-state index in [4.69, 9.17) is 4.74 Å². The summed E-state index contributed by atoms with van der Waals surface area (Å²) < 4.78 is 6.22. The predicted molar refractivity (Wildman–Crippen MR) is 95.8 cm³/mol. The molecule has 3 atom stereocenters. The molecule has 1 aliphatic heterocycles. The summed E-state index contributed by atoms with van der Waals surface area (Å²) in [6.45, 7) is 5.05. The van der Waals surface area contributed by atoms with E-state index in [1.807, 2.05) is 12.1 Å². The van der Waals surface area contributed by atoms with E-state index >= 15 is 0 Å². The van der Waals surface area contributed by atoms with Gasteiger partial charge >= 0.3 is 0 Å². The standard InChI is InChI=1S/C21H28O3/c1-15(2)4-3-5-16-10-11-21(13-22)12-19(16)20(24-14-21)17-6-8-18(23)9-7-17/h4,6-10,19-20,22-23H,3,5,11-14H2,1-2H3. The van der Waals surface area contributed by atoms with Gasteiger partial charge in [-0.25, -0.2) is 0 Å². The van der Waals surface area contributed by atoms with Gasteiger partial charge in [0.1, 0.15) is 5.75 Å². The van der Waals surface area contributed by atoms with Gasteiger partial charge in [0.2, 0.25) is 0 Å². The molecule has 1 aromatic carbocycles. The highest BCUT2D eigenvalue weighted by Crippen LogP contribution is 2.51. The van der Waals surface area contributed by atoms with E-state index in [0.717, 1.165) is 31.2 Å². The summed E-state index contributed by atoms with van der Waals surface area (Å²) in [6.07, 6.45) is 8.65. The maximum absolute atomic E-state index is 9.87. The van der Waals surface area contributed by atoms with E-state index < -0.39 is 0 Å². The number of phenolic OH excluding ortho intramolecular Hbond substituents is 1. The van der Waals surface area contributed by atoms with E-state index in [0.29, 0.717) is 12.5 Å². The quantitative estimate of drug-likeness (QED) is 0.781. The Hall–Kier alpha value is -1.58. The zero-order valence-electron chi connectivity index (χ0n) is 14.7. The summed E-state index contributed by atoms with van der Waals surface area (Å²) in [5.41, 5.74) is 3.80. The number of hydrogen-bond donors (Lipinski definition) is 2. The minimum atomic E-state index is -0.113. The van der Waals surface area contributed by atoms with Crippen molar-refractivity contribution in [3.05, 3.63) is 53.1 Å². The molecule has 1 heterocycles. The van der Waals surface area contributed by atoms with Crippen LogP contribution in [0.4, 0.5) is 0 Å². The maximum Gasteiger partial charge on any atom is 0.115 e. The molecule has 3 unspecified atom stereocenters. The van der Waals surface area contributed by atoms with Crippen LogP contribution in [0.25, 0.3) is 0 Å². The third-order valence-electron chi connectivity index (χ3n) is 5.40. The second-order valence-electron chi connectivity index (χ2n) is 7.60. The first-order valence-electron chi connectivity index (χ1n) is 8.87. The lowest BCUT2D eigenvalue weighted by atomic mass is 9.65. The molecule has 0 saturated carbocycles. The number of benzene rings is 1. The van der Waals surface area contributed by atoms with Crippen LogP contribution in [0, 0.1) is 11.3 Å². The van der Waals surface area contributed by atoms with E-state index in [1.165, 1.54) is 11.1 Å². The van der Waals surface area contributed by atoms with Crippen molar-refractivity contribution in [1.82, 2.24) is 0 Å². The Morgan fingerprint density at radius 3 is 2.71 bits per heavy atom. The molecule has 24 heavy (non-hydrogen) atoms. The number of aliphatic hydroxyl groups excluding tert-OH is 1. The second-order valence-corrected chi connectivity index (χ2v) is 7.60. The largest absolute Gasteiger partial charge is 0.508 e. The number of hydrogen-bond acceptors (Lipinski definition) is 3. The number of ether oxygens (including phenoxy) is 1. The van der Waals surface area contributed by atoms with Crippen LogP contribution in [-0.2, 0) is 4.74 Å². The smallest absolute Gasteiger partial charge is 0.115 e. The molecule has 2 N–H and O–H groups in total. The van der Waals surface area contributed by atoms with E-state index in [9.17, 15) is 10.2 Å². The van der Waals surface area contributed by atoms with Gasteiger partial charge in [0.15, 0.2) is 0 Å². The molecule has 130 valence electrons. The fourth-order valence-electron chi connectivity index (χ4n) is 3.96. The molecule has 1 aromatic rings. The topological polar surface area (TPSA) is 49.7 Å². The molecular formula is C21H28O3. The Kier molecular flexibility index (Phi) is 5.12. The molecule has 0 radical (unpaired) electrons. The monoisotopic (exact) mass is 328 g/mol. The highest BCUT2D eigenvalue weighted by atomic mass is 16.5. The Morgan fingerprint density at radius 2 is 2.04 bits per heavy atom. The van der Waals surface area contributed by atoms with Gasteiger partial charge in [-0.3, -0.25) is 0 Å². The first kappa shape index (κ1) is 17.2. The molecule has 0 spiro atoms. The van der Waals surface area contributed by atoms with E-state index in [-0.39, 0.29) is 23.9 Å². The average Bonchev–Trinajstić information content (AvgIpc) is 2.58. The van der Waals surface area contributed by atoms with Crippen molar-refractivity contribution in [3.8, 4) is 5.75 Å². The van der Waals surface area contributed by atoms with Gasteiger partial charge < -0.3 is 14.9 Å². The lowest BCUT2D eigenvalue weighted by molar-refractivity contribution is -0.114. The van der Waals surface area contributed by atoms with Gasteiger partial charge in [-0.15, -0.1) is 0 Å². The number of aliphatic hydroxyl groups is 1. The van der Waals surface area contributed by atoms with Crippen LogP contribution < -0.4 is 0 Å². The zero-order chi connectivity index (χ0) is 17.2. The van der Waals surface area contributed by atoms with Gasteiger partial charge in [-0.05, 0) is 57.2 Å². The van der Waals surface area contributed by atoms with Crippen LogP contribution in [0.1, 0.15) is 51.2 Å². The lowest BCUT2D eigenvalue weighted by Gasteiger charge is -2.47. The summed E-state index contributed by atoms with van der Waals surface area (Å²) in [6, 6.07) is 7.35. The minimum Gasteiger partial charge on any atom is -0.508 e. The number of fused-ring (bicyclic) bond motifs is 2. The average molecular weight is 328 g/mol. The molecule has 0 amide bonds. The SMILES string of the molecule is CC(C)=CCCC1=CCC2(CO)COC(c3ccc(O)cc3)C1C2. The summed E-state index contributed by atoms with van der Waals surface area (Å²) in [4.78, 5) is 0. The number of allylic oxidation sites excluding steroid dienone is 3. The van der Waals surface area contributed by atoms with E-state index in [1.54, 1.807) is 12.1 Å². The van der Waals surface area contributed by atoms with E-state index in [2.05, 4.69) is 26.0 Å². The third-order valence-corrected chi connectivity index (χ3v) is 5.40. The van der Waals surface area contributed by atoms with Crippen molar-refractivity contribution < 1.29 is 14.9 Å². The number of rotatable bonds is 5. The normalized spacial score (nSPS) is 29.0. The van der Waals surface area contributed by atoms with Crippen molar-refractivity contribution in [2.75, 3.05) is 13.2 Å². The molecule has 0 aromatic heterocycles. The molecule has 2 bridgehead atoms. The van der Waals surface area contributed by atoms with Crippen molar-refractivity contribution in [2.45, 2.75) is 45.6 Å². The molecule has 1 aliphatic carbocycles. The molecule has 1 fully saturated rings. The fourth-order valence-corrected chi connectivity index (χ4v) is 3.96. The van der Waals surface area contributed by atoms with Crippen molar-refractivity contribution in [1.29, 1.82) is 0 Å². The summed E-state index contributed by atoms with van der Waals surface area (Å²) in [5.74, 6) is 0.594. The van der Waals surface area contributed by atoms with Gasteiger partial charge in [-0.2, -0.15) is 0 Å². The highest BCUT2D eigenvalue weighted by molar-refractivity contribution is 5.31. The van der Waals surface area contributed by atoms with Crippen molar-refractivity contribution in [3.63, 3.8) is 0 Å². The van der Waals surface area contributed by atoms with Crippen LogP contribution in [0.5, 0.6) is 5.75 Å². The number of phenols is 1. The van der Waals surface area contributed by atoms with Crippen LogP contribution >= 0.6 is 0 Å². The maximum atomic E-state index is 9.87.